The van der Waals surface area contributed by atoms with Crippen LogP contribution in [-0.2, 0) is 16.1 Å². The van der Waals surface area contributed by atoms with Crippen LogP contribution in [0.1, 0.15) is 30.5 Å². The van der Waals surface area contributed by atoms with E-state index in [1.54, 1.807) is 25.8 Å². The maximum atomic E-state index is 12.6. The first-order chi connectivity index (χ1) is 13.1. The standard InChI is InChI=1S/C21H24N4O2S/c1-13-6-7-15(14(2)8-13)11-25(5)18(26)12-28-20-17(10-23)21(3,4)16(9-22)19(27)24-20/h6-8,16H,11-12H2,1-5H3,(H,24,27)/t16-/m0/s1. The fraction of sp³-hybridized carbons (Fsp3) is 0.429. The van der Waals surface area contributed by atoms with E-state index < -0.39 is 17.2 Å². The fourth-order valence-electron chi connectivity index (χ4n) is 3.15. The lowest BCUT2D eigenvalue weighted by Crippen LogP contribution is -2.44. The van der Waals surface area contributed by atoms with Crippen molar-refractivity contribution in [2.45, 2.75) is 34.2 Å². The van der Waals surface area contributed by atoms with Gasteiger partial charge in [0.1, 0.15) is 5.92 Å². The van der Waals surface area contributed by atoms with Crippen molar-refractivity contribution in [2.75, 3.05) is 12.8 Å². The van der Waals surface area contributed by atoms with Crippen molar-refractivity contribution in [1.29, 1.82) is 10.5 Å². The van der Waals surface area contributed by atoms with Gasteiger partial charge < -0.3 is 10.2 Å². The zero-order chi connectivity index (χ0) is 21.1. The Morgan fingerprint density at radius 2 is 2.00 bits per heavy atom. The molecule has 1 aromatic rings. The van der Waals surface area contributed by atoms with Crippen LogP contribution in [0.25, 0.3) is 0 Å². The molecular formula is C21H24N4O2S. The molecule has 1 atom stereocenters. The van der Waals surface area contributed by atoms with Gasteiger partial charge in [0.2, 0.25) is 11.8 Å². The molecule has 1 aromatic carbocycles. The van der Waals surface area contributed by atoms with E-state index in [0.29, 0.717) is 17.1 Å². The van der Waals surface area contributed by atoms with Crippen molar-refractivity contribution in [3.8, 4) is 12.1 Å². The Balaban J connectivity index is 2.10. The van der Waals surface area contributed by atoms with Gasteiger partial charge in [-0.1, -0.05) is 49.4 Å². The summed E-state index contributed by atoms with van der Waals surface area (Å²) in [5, 5.41) is 21.8. The van der Waals surface area contributed by atoms with E-state index in [0.717, 1.165) is 22.9 Å². The monoisotopic (exact) mass is 396 g/mol. The molecule has 6 nitrogen and oxygen atoms in total. The number of carbonyl (C=O) groups is 2. The molecule has 0 fully saturated rings. The SMILES string of the molecule is Cc1ccc(CN(C)C(=O)CSC2=C(C#N)C(C)(C)[C@@H](C#N)C(=O)N2)c(C)c1. The highest BCUT2D eigenvalue weighted by molar-refractivity contribution is 8.03. The minimum atomic E-state index is -0.936. The number of hydrogen-bond donors (Lipinski definition) is 1. The third-order valence-electron chi connectivity index (χ3n) is 5.00. The normalized spacial score (nSPS) is 18.1. The van der Waals surface area contributed by atoms with Crippen LogP contribution in [0.15, 0.2) is 28.8 Å². The van der Waals surface area contributed by atoms with Crippen LogP contribution in [0.5, 0.6) is 0 Å². The zero-order valence-corrected chi connectivity index (χ0v) is 17.6. The number of amides is 2. The number of carbonyl (C=O) groups excluding carboxylic acids is 2. The van der Waals surface area contributed by atoms with Gasteiger partial charge in [0, 0.05) is 19.0 Å². The summed E-state index contributed by atoms with van der Waals surface area (Å²) >= 11 is 1.13. The van der Waals surface area contributed by atoms with Crippen LogP contribution < -0.4 is 5.32 Å². The van der Waals surface area contributed by atoms with Gasteiger partial charge in [-0.25, -0.2) is 0 Å². The Bertz CT molecular complexity index is 921. The van der Waals surface area contributed by atoms with E-state index in [1.165, 1.54) is 5.56 Å². The predicted octanol–water partition coefficient (Wildman–Crippen LogP) is 3.03. The van der Waals surface area contributed by atoms with E-state index in [4.69, 9.17) is 0 Å². The molecule has 0 aliphatic carbocycles. The highest BCUT2D eigenvalue weighted by atomic mass is 32.2. The van der Waals surface area contributed by atoms with Crippen molar-refractivity contribution in [1.82, 2.24) is 10.2 Å². The smallest absolute Gasteiger partial charge is 0.243 e. The number of aryl methyl sites for hydroxylation is 2. The quantitative estimate of drug-likeness (QED) is 0.825. The van der Waals surface area contributed by atoms with E-state index in [1.807, 2.05) is 32.0 Å². The maximum absolute atomic E-state index is 12.6. The van der Waals surface area contributed by atoms with Crippen molar-refractivity contribution >= 4 is 23.6 Å². The second-order valence-corrected chi connectivity index (χ2v) is 8.54. The minimum Gasteiger partial charge on any atom is -0.341 e. The topological polar surface area (TPSA) is 97.0 Å². The minimum absolute atomic E-state index is 0.0928. The second-order valence-electron chi connectivity index (χ2n) is 7.56. The van der Waals surface area contributed by atoms with Gasteiger partial charge >= 0.3 is 0 Å². The third kappa shape index (κ3) is 4.37. The summed E-state index contributed by atoms with van der Waals surface area (Å²) in [6.45, 7) is 7.94. The number of benzene rings is 1. The largest absolute Gasteiger partial charge is 0.341 e. The van der Waals surface area contributed by atoms with Crippen molar-refractivity contribution in [3.63, 3.8) is 0 Å². The van der Waals surface area contributed by atoms with E-state index >= 15 is 0 Å². The van der Waals surface area contributed by atoms with Gasteiger partial charge in [0.25, 0.3) is 0 Å². The molecular weight excluding hydrogens is 372 g/mol. The van der Waals surface area contributed by atoms with Gasteiger partial charge in [-0.05, 0) is 25.0 Å². The van der Waals surface area contributed by atoms with Crippen LogP contribution in [0.4, 0.5) is 0 Å². The van der Waals surface area contributed by atoms with Crippen LogP contribution in [0, 0.1) is 47.8 Å². The predicted molar refractivity (Wildman–Crippen MR) is 109 cm³/mol. The highest BCUT2D eigenvalue weighted by Gasteiger charge is 2.44. The first-order valence-electron chi connectivity index (χ1n) is 8.90. The molecule has 146 valence electrons. The van der Waals surface area contributed by atoms with Crippen molar-refractivity contribution < 1.29 is 9.59 Å². The lowest BCUT2D eigenvalue weighted by molar-refractivity contribution is -0.128. The molecule has 0 radical (unpaired) electrons. The third-order valence-corrected chi connectivity index (χ3v) is 5.99. The van der Waals surface area contributed by atoms with Crippen molar-refractivity contribution in [2.24, 2.45) is 11.3 Å². The van der Waals surface area contributed by atoms with Crippen LogP contribution in [0.2, 0.25) is 0 Å². The molecule has 1 N–H and O–H groups in total. The molecule has 0 spiro atoms. The number of nitrogens with zero attached hydrogens (tertiary/aromatic N) is 3. The number of allylic oxidation sites excluding steroid dienone is 1. The number of thioether (sulfide) groups is 1. The molecule has 0 aromatic heterocycles. The van der Waals surface area contributed by atoms with Gasteiger partial charge in [-0.15, -0.1) is 0 Å². The molecule has 1 aliphatic heterocycles. The van der Waals surface area contributed by atoms with Crippen molar-refractivity contribution in [3.05, 3.63) is 45.5 Å². The molecule has 0 bridgehead atoms. The van der Waals surface area contributed by atoms with Crippen LogP contribution in [0.3, 0.4) is 0 Å². The number of nitrogens with one attached hydrogen (secondary N) is 1. The molecule has 0 unspecified atom stereocenters. The van der Waals surface area contributed by atoms with Gasteiger partial charge in [-0.3, -0.25) is 9.59 Å². The molecule has 1 aliphatic rings. The Morgan fingerprint density at radius 3 is 2.57 bits per heavy atom. The van der Waals surface area contributed by atoms with E-state index in [2.05, 4.69) is 17.5 Å². The first-order valence-corrected chi connectivity index (χ1v) is 9.88. The summed E-state index contributed by atoms with van der Waals surface area (Å²) in [7, 11) is 1.73. The Hall–Kier alpha value is -2.77. The lowest BCUT2D eigenvalue weighted by Gasteiger charge is -2.34. The van der Waals surface area contributed by atoms with Crippen LogP contribution >= 0.6 is 11.8 Å². The molecule has 2 amide bonds. The van der Waals surface area contributed by atoms with E-state index in [9.17, 15) is 20.1 Å². The van der Waals surface area contributed by atoms with Gasteiger partial charge in [0.05, 0.1) is 28.5 Å². The summed E-state index contributed by atoms with van der Waals surface area (Å²) in [4.78, 5) is 26.4. The summed E-state index contributed by atoms with van der Waals surface area (Å²) in [6, 6.07) is 10.2. The Kier molecular flexibility index (Phi) is 6.53. The summed E-state index contributed by atoms with van der Waals surface area (Å²) in [5.41, 5.74) is 2.81. The number of hydrogen-bond acceptors (Lipinski definition) is 5. The number of rotatable bonds is 5. The summed E-state index contributed by atoms with van der Waals surface area (Å²) in [5.74, 6) is -1.39. The molecule has 1 heterocycles. The maximum Gasteiger partial charge on any atom is 0.243 e. The Morgan fingerprint density at radius 1 is 1.32 bits per heavy atom. The summed E-state index contributed by atoms with van der Waals surface area (Å²) in [6.07, 6.45) is 0. The molecule has 7 heteroatoms. The molecule has 2 rings (SSSR count). The Labute approximate surface area is 170 Å². The van der Waals surface area contributed by atoms with E-state index in [-0.39, 0.29) is 11.7 Å². The van der Waals surface area contributed by atoms with Gasteiger partial charge in [-0.2, -0.15) is 10.5 Å². The fourth-order valence-corrected chi connectivity index (χ4v) is 4.26. The lowest BCUT2D eigenvalue weighted by atomic mass is 9.72. The van der Waals surface area contributed by atoms with Gasteiger partial charge in [0.15, 0.2) is 0 Å². The van der Waals surface area contributed by atoms with Crippen LogP contribution in [-0.4, -0.2) is 29.5 Å². The average Bonchev–Trinajstić information content (AvgIpc) is 2.61. The first kappa shape index (κ1) is 21.5. The average molecular weight is 397 g/mol. The zero-order valence-electron chi connectivity index (χ0n) is 16.8. The summed E-state index contributed by atoms with van der Waals surface area (Å²) < 4.78 is 0. The molecule has 0 saturated carbocycles. The number of nitriles is 2. The molecule has 0 saturated heterocycles. The molecule has 28 heavy (non-hydrogen) atoms. The second kappa shape index (κ2) is 8.50. The highest BCUT2D eigenvalue weighted by Crippen LogP contribution is 2.41.